The molecule has 5 heteroatoms. The third-order valence-electron chi connectivity index (χ3n) is 3.85. The molecule has 1 unspecified atom stereocenters. The Kier molecular flexibility index (Phi) is 4.05. The second kappa shape index (κ2) is 6.01. The zero-order chi connectivity index (χ0) is 16.4. The lowest BCUT2D eigenvalue weighted by atomic mass is 10.0. The molecule has 23 heavy (non-hydrogen) atoms. The lowest BCUT2D eigenvalue weighted by Gasteiger charge is -2.22. The molecule has 1 heterocycles. The Balaban J connectivity index is 2.04. The Morgan fingerprint density at radius 3 is 2.13 bits per heavy atom. The standard InChI is InChI=1S/C18H17NO3S/c1-23(21,22)19-17(15-10-6-3-7-11-15)13-16(18(19)20)12-14-8-4-2-5-9-14/h2-12,17H,13H2,1H3/b16-12-. The second-order valence-corrected chi connectivity index (χ2v) is 7.43. The van der Waals surface area contributed by atoms with Crippen LogP contribution in [0, 0.1) is 0 Å². The SMILES string of the molecule is CS(=O)(=O)N1C(=O)/C(=C\c2ccccc2)CC1c1ccccc1. The van der Waals surface area contributed by atoms with Crippen molar-refractivity contribution in [3.63, 3.8) is 0 Å². The highest BCUT2D eigenvalue weighted by Crippen LogP contribution is 2.38. The first kappa shape index (κ1) is 15.5. The van der Waals surface area contributed by atoms with Gasteiger partial charge in [-0.15, -0.1) is 0 Å². The van der Waals surface area contributed by atoms with Crippen molar-refractivity contribution in [1.29, 1.82) is 0 Å². The van der Waals surface area contributed by atoms with Gasteiger partial charge in [-0.05, 0) is 17.2 Å². The molecule has 2 aromatic rings. The molecule has 0 spiro atoms. The van der Waals surface area contributed by atoms with Gasteiger partial charge in [-0.1, -0.05) is 60.7 Å². The summed E-state index contributed by atoms with van der Waals surface area (Å²) >= 11 is 0. The van der Waals surface area contributed by atoms with E-state index in [2.05, 4.69) is 0 Å². The molecule has 1 fully saturated rings. The highest BCUT2D eigenvalue weighted by molar-refractivity contribution is 7.89. The van der Waals surface area contributed by atoms with Gasteiger partial charge in [-0.3, -0.25) is 4.79 Å². The minimum absolute atomic E-state index is 0.380. The van der Waals surface area contributed by atoms with Crippen LogP contribution < -0.4 is 0 Å². The number of benzene rings is 2. The summed E-state index contributed by atoms with van der Waals surface area (Å²) in [5.41, 5.74) is 2.22. The van der Waals surface area contributed by atoms with E-state index >= 15 is 0 Å². The van der Waals surface area contributed by atoms with Gasteiger partial charge in [-0.2, -0.15) is 0 Å². The van der Waals surface area contributed by atoms with E-state index in [1.54, 1.807) is 6.08 Å². The minimum Gasteiger partial charge on any atom is -0.268 e. The topological polar surface area (TPSA) is 54.5 Å². The van der Waals surface area contributed by atoms with Crippen LogP contribution in [-0.4, -0.2) is 24.9 Å². The van der Waals surface area contributed by atoms with Crippen molar-refractivity contribution in [1.82, 2.24) is 4.31 Å². The van der Waals surface area contributed by atoms with Crippen LogP contribution in [0.3, 0.4) is 0 Å². The van der Waals surface area contributed by atoms with E-state index in [4.69, 9.17) is 0 Å². The molecule has 1 saturated heterocycles. The smallest absolute Gasteiger partial charge is 0.263 e. The van der Waals surface area contributed by atoms with E-state index in [0.29, 0.717) is 12.0 Å². The minimum atomic E-state index is -3.63. The first-order valence-electron chi connectivity index (χ1n) is 7.31. The average molecular weight is 327 g/mol. The fraction of sp³-hybridized carbons (Fsp3) is 0.167. The molecule has 0 bridgehead atoms. The van der Waals surface area contributed by atoms with Crippen molar-refractivity contribution in [2.75, 3.05) is 6.26 Å². The van der Waals surface area contributed by atoms with Gasteiger partial charge in [-0.25, -0.2) is 12.7 Å². The number of amides is 1. The summed E-state index contributed by atoms with van der Waals surface area (Å²) in [5.74, 6) is -0.440. The van der Waals surface area contributed by atoms with E-state index < -0.39 is 22.0 Å². The van der Waals surface area contributed by atoms with Crippen LogP contribution in [0.2, 0.25) is 0 Å². The van der Waals surface area contributed by atoms with Crippen molar-refractivity contribution < 1.29 is 13.2 Å². The molecule has 0 N–H and O–H groups in total. The van der Waals surface area contributed by atoms with Gasteiger partial charge in [0.1, 0.15) is 0 Å². The monoisotopic (exact) mass is 327 g/mol. The Hall–Kier alpha value is -2.40. The number of hydrogen-bond donors (Lipinski definition) is 0. The summed E-state index contributed by atoms with van der Waals surface area (Å²) in [6, 6.07) is 18.2. The molecule has 0 radical (unpaired) electrons. The van der Waals surface area contributed by atoms with Crippen molar-refractivity contribution >= 4 is 22.0 Å². The molecular formula is C18H17NO3S. The molecule has 0 saturated carbocycles. The number of hydrogen-bond acceptors (Lipinski definition) is 3. The van der Waals surface area contributed by atoms with Crippen molar-refractivity contribution in [3.05, 3.63) is 77.4 Å². The fourth-order valence-electron chi connectivity index (χ4n) is 2.84. The second-order valence-electron chi connectivity index (χ2n) is 5.57. The van der Waals surface area contributed by atoms with Gasteiger partial charge in [0.2, 0.25) is 10.0 Å². The maximum absolute atomic E-state index is 12.6. The average Bonchev–Trinajstić information content (AvgIpc) is 2.86. The zero-order valence-corrected chi connectivity index (χ0v) is 13.5. The van der Waals surface area contributed by atoms with Crippen molar-refractivity contribution in [2.45, 2.75) is 12.5 Å². The number of nitrogens with zero attached hydrogens (tertiary/aromatic N) is 1. The lowest BCUT2D eigenvalue weighted by Crippen LogP contribution is -2.33. The lowest BCUT2D eigenvalue weighted by molar-refractivity contribution is -0.121. The molecule has 1 aliphatic heterocycles. The Morgan fingerprint density at radius 2 is 1.57 bits per heavy atom. The maximum atomic E-state index is 12.6. The largest absolute Gasteiger partial charge is 0.268 e. The van der Waals surface area contributed by atoms with E-state index in [-0.39, 0.29) is 0 Å². The first-order chi connectivity index (χ1) is 11.0. The van der Waals surface area contributed by atoms with Gasteiger partial charge in [0, 0.05) is 12.0 Å². The Morgan fingerprint density at radius 1 is 1.00 bits per heavy atom. The third-order valence-corrected chi connectivity index (χ3v) is 4.99. The number of sulfonamides is 1. The number of carbonyl (C=O) groups excluding carboxylic acids is 1. The van der Waals surface area contributed by atoms with E-state index in [0.717, 1.165) is 21.7 Å². The number of rotatable bonds is 3. The van der Waals surface area contributed by atoms with E-state index in [9.17, 15) is 13.2 Å². The van der Waals surface area contributed by atoms with Crippen molar-refractivity contribution in [2.24, 2.45) is 0 Å². The molecule has 0 aliphatic carbocycles. The highest BCUT2D eigenvalue weighted by Gasteiger charge is 2.41. The van der Waals surface area contributed by atoms with Gasteiger partial charge < -0.3 is 0 Å². The summed E-state index contributed by atoms with van der Waals surface area (Å²) < 4.78 is 25.2. The third kappa shape index (κ3) is 3.19. The summed E-state index contributed by atoms with van der Waals surface area (Å²) in [6.45, 7) is 0. The van der Waals surface area contributed by atoms with Crippen LogP contribution in [-0.2, 0) is 14.8 Å². The summed E-state index contributed by atoms with van der Waals surface area (Å²) in [5, 5.41) is 0. The molecule has 118 valence electrons. The van der Waals surface area contributed by atoms with Crippen LogP contribution in [0.25, 0.3) is 6.08 Å². The van der Waals surface area contributed by atoms with Gasteiger partial charge >= 0.3 is 0 Å². The summed E-state index contributed by atoms with van der Waals surface area (Å²) in [4.78, 5) is 12.6. The molecular weight excluding hydrogens is 310 g/mol. The van der Waals surface area contributed by atoms with Crippen LogP contribution in [0.4, 0.5) is 0 Å². The van der Waals surface area contributed by atoms with Gasteiger partial charge in [0.15, 0.2) is 0 Å². The fourth-order valence-corrected chi connectivity index (χ4v) is 3.92. The molecule has 4 nitrogen and oxygen atoms in total. The van der Waals surface area contributed by atoms with Crippen LogP contribution in [0.15, 0.2) is 66.2 Å². The van der Waals surface area contributed by atoms with Crippen LogP contribution >= 0.6 is 0 Å². The zero-order valence-electron chi connectivity index (χ0n) is 12.7. The van der Waals surface area contributed by atoms with Crippen molar-refractivity contribution in [3.8, 4) is 0 Å². The molecule has 0 aromatic heterocycles. The van der Waals surface area contributed by atoms with Crippen LogP contribution in [0.1, 0.15) is 23.6 Å². The predicted octanol–water partition coefficient (Wildman–Crippen LogP) is 3.00. The molecule has 1 aliphatic rings. The molecule has 3 rings (SSSR count). The van der Waals surface area contributed by atoms with Gasteiger partial charge in [0.25, 0.3) is 5.91 Å². The summed E-state index contributed by atoms with van der Waals surface area (Å²) in [6.07, 6.45) is 3.22. The maximum Gasteiger partial charge on any atom is 0.263 e. The van der Waals surface area contributed by atoms with Crippen LogP contribution in [0.5, 0.6) is 0 Å². The molecule has 1 amide bonds. The van der Waals surface area contributed by atoms with E-state index in [1.807, 2.05) is 60.7 Å². The quantitative estimate of drug-likeness (QED) is 0.814. The Labute approximate surface area is 136 Å². The first-order valence-corrected chi connectivity index (χ1v) is 9.16. The molecule has 2 aromatic carbocycles. The number of carbonyl (C=O) groups is 1. The highest BCUT2D eigenvalue weighted by atomic mass is 32.2. The summed E-state index contributed by atoms with van der Waals surface area (Å²) in [7, 11) is -3.63. The molecule has 1 atom stereocenters. The predicted molar refractivity (Wildman–Crippen MR) is 89.9 cm³/mol. The van der Waals surface area contributed by atoms with Gasteiger partial charge in [0.05, 0.1) is 12.3 Å². The van der Waals surface area contributed by atoms with E-state index in [1.165, 1.54) is 0 Å². The normalized spacial score (nSPS) is 20.2. The Bertz CT molecular complexity index is 842.